The maximum absolute atomic E-state index is 6.54. The highest BCUT2D eigenvalue weighted by atomic mass is 32.1. The monoisotopic (exact) mass is 693 g/mol. The van der Waals surface area contributed by atoms with E-state index in [1.807, 2.05) is 11.3 Å². The molecule has 0 aliphatic rings. The number of rotatable bonds is 5. The molecule has 11 rings (SSSR count). The van der Waals surface area contributed by atoms with E-state index in [0.717, 1.165) is 44.3 Å². The number of hydrogen-bond donors (Lipinski definition) is 0. The zero-order chi connectivity index (χ0) is 34.9. The molecule has 0 saturated heterocycles. The van der Waals surface area contributed by atoms with Crippen molar-refractivity contribution in [2.45, 2.75) is 0 Å². The van der Waals surface area contributed by atoms with Gasteiger partial charge in [0, 0.05) is 43.0 Å². The largest absolute Gasteiger partial charge is 0.455 e. The summed E-state index contributed by atoms with van der Waals surface area (Å²) in [6, 6.07) is 68.0. The summed E-state index contributed by atoms with van der Waals surface area (Å²) in [7, 11) is 0. The molecular formula is C50H31NOS. The Morgan fingerprint density at radius 1 is 0.415 bits per heavy atom. The van der Waals surface area contributed by atoms with Crippen LogP contribution in [0.1, 0.15) is 0 Å². The highest BCUT2D eigenvalue weighted by Crippen LogP contribution is 2.46. The van der Waals surface area contributed by atoms with Crippen molar-refractivity contribution in [2.75, 3.05) is 4.90 Å². The molecular weight excluding hydrogens is 663 g/mol. The first-order valence-corrected chi connectivity index (χ1v) is 18.8. The van der Waals surface area contributed by atoms with Crippen LogP contribution in [-0.2, 0) is 0 Å². The SMILES string of the molecule is c1cc(-c2cccc3ccccc23)cc(N(c2ccc(-c3cccc4oc5c6ccccc6ccc5c34)cc2)c2cccc3c2sc2ccccc23)c1. The number of thiophene rings is 1. The molecule has 0 aliphatic carbocycles. The molecule has 0 atom stereocenters. The van der Waals surface area contributed by atoms with Gasteiger partial charge in [0.25, 0.3) is 0 Å². The third-order valence-electron chi connectivity index (χ3n) is 10.7. The Morgan fingerprint density at radius 2 is 1.09 bits per heavy atom. The van der Waals surface area contributed by atoms with Gasteiger partial charge in [-0.15, -0.1) is 11.3 Å². The van der Waals surface area contributed by atoms with Gasteiger partial charge in [-0.25, -0.2) is 0 Å². The van der Waals surface area contributed by atoms with E-state index in [4.69, 9.17) is 4.42 Å². The number of furan rings is 1. The van der Waals surface area contributed by atoms with Crippen LogP contribution in [0.3, 0.4) is 0 Å². The fraction of sp³-hybridized carbons (Fsp3) is 0. The fourth-order valence-corrected chi connectivity index (χ4v) is 9.42. The van der Waals surface area contributed by atoms with Crippen molar-refractivity contribution in [1.82, 2.24) is 0 Å². The Morgan fingerprint density at radius 3 is 1.98 bits per heavy atom. The minimum atomic E-state index is 0.904. The van der Waals surface area contributed by atoms with Gasteiger partial charge in [-0.05, 0) is 86.9 Å². The van der Waals surface area contributed by atoms with Crippen LogP contribution in [0, 0.1) is 0 Å². The van der Waals surface area contributed by atoms with Gasteiger partial charge in [0.1, 0.15) is 11.2 Å². The predicted octanol–water partition coefficient (Wildman–Crippen LogP) is 15.1. The van der Waals surface area contributed by atoms with Crippen molar-refractivity contribution >= 4 is 92.1 Å². The quantitative estimate of drug-likeness (QED) is 0.178. The average molecular weight is 694 g/mol. The van der Waals surface area contributed by atoms with Crippen LogP contribution in [-0.4, -0.2) is 0 Å². The first-order valence-electron chi connectivity index (χ1n) is 18.0. The first-order chi connectivity index (χ1) is 26.3. The zero-order valence-electron chi connectivity index (χ0n) is 28.7. The molecule has 53 heavy (non-hydrogen) atoms. The maximum Gasteiger partial charge on any atom is 0.143 e. The summed E-state index contributed by atoms with van der Waals surface area (Å²) in [6.45, 7) is 0. The number of benzene rings is 9. The molecule has 2 aromatic heterocycles. The van der Waals surface area contributed by atoms with Crippen LogP contribution < -0.4 is 4.90 Å². The van der Waals surface area contributed by atoms with E-state index < -0.39 is 0 Å². The van der Waals surface area contributed by atoms with Gasteiger partial charge in [-0.1, -0.05) is 140 Å². The molecule has 0 aliphatic heterocycles. The van der Waals surface area contributed by atoms with Crippen molar-refractivity contribution in [2.24, 2.45) is 0 Å². The molecule has 0 unspecified atom stereocenters. The molecule has 0 fully saturated rings. The molecule has 9 aromatic carbocycles. The Hall–Kier alpha value is -6.68. The Kier molecular flexibility index (Phi) is 6.76. The number of nitrogens with zero attached hydrogens (tertiary/aromatic N) is 1. The summed E-state index contributed by atoms with van der Waals surface area (Å²) in [5.74, 6) is 0. The van der Waals surface area contributed by atoms with Gasteiger partial charge in [0.15, 0.2) is 0 Å². The maximum atomic E-state index is 6.54. The Bertz CT molecular complexity index is 3180. The molecule has 0 N–H and O–H groups in total. The van der Waals surface area contributed by atoms with Crippen LogP contribution in [0.4, 0.5) is 17.1 Å². The van der Waals surface area contributed by atoms with E-state index in [-0.39, 0.29) is 0 Å². The summed E-state index contributed by atoms with van der Waals surface area (Å²) in [4.78, 5) is 2.43. The fourth-order valence-electron chi connectivity index (χ4n) is 8.21. The Balaban J connectivity index is 1.09. The van der Waals surface area contributed by atoms with Crippen molar-refractivity contribution in [3.05, 3.63) is 188 Å². The Labute approximate surface area is 310 Å². The smallest absolute Gasteiger partial charge is 0.143 e. The standard InChI is InChI=1S/C50H31NOS/c1-3-16-38-32(11-1)13-8-19-39(38)35-14-7-15-37(31-35)51(45-22-9-21-43-42-18-5-6-24-47(42)53-50(43)45)36-28-25-34(26-29-36)40-20-10-23-46-48(40)44-30-27-33-12-2-4-17-41(33)49(44)52-46/h1-31H. The topological polar surface area (TPSA) is 16.4 Å². The second-order valence-electron chi connectivity index (χ2n) is 13.7. The number of anilines is 3. The lowest BCUT2D eigenvalue weighted by Crippen LogP contribution is -2.10. The van der Waals surface area contributed by atoms with Gasteiger partial charge in [-0.3, -0.25) is 0 Å². The third-order valence-corrected chi connectivity index (χ3v) is 11.9. The molecule has 0 bridgehead atoms. The van der Waals surface area contributed by atoms with E-state index in [9.17, 15) is 0 Å². The summed E-state index contributed by atoms with van der Waals surface area (Å²) in [5.41, 5.74) is 9.97. The van der Waals surface area contributed by atoms with Crippen LogP contribution in [0.25, 0.3) is 85.9 Å². The molecule has 248 valence electrons. The molecule has 2 heterocycles. The lowest BCUT2D eigenvalue weighted by atomic mass is 9.97. The van der Waals surface area contributed by atoms with Crippen LogP contribution >= 0.6 is 11.3 Å². The van der Waals surface area contributed by atoms with E-state index in [1.54, 1.807) is 0 Å². The van der Waals surface area contributed by atoms with Crippen LogP contribution in [0.5, 0.6) is 0 Å². The predicted molar refractivity (Wildman–Crippen MR) is 227 cm³/mol. The summed E-state index contributed by atoms with van der Waals surface area (Å²) < 4.78 is 9.11. The van der Waals surface area contributed by atoms with Gasteiger partial charge >= 0.3 is 0 Å². The molecule has 0 spiro atoms. The van der Waals surface area contributed by atoms with Crippen molar-refractivity contribution in [1.29, 1.82) is 0 Å². The molecule has 2 nitrogen and oxygen atoms in total. The summed E-state index contributed by atoms with van der Waals surface area (Å²) in [5, 5.41) is 9.68. The lowest BCUT2D eigenvalue weighted by Gasteiger charge is -2.27. The van der Waals surface area contributed by atoms with Gasteiger partial charge in [0.2, 0.25) is 0 Å². The third kappa shape index (κ3) is 4.78. The second kappa shape index (κ2) is 11.9. The van der Waals surface area contributed by atoms with E-state index in [1.165, 1.54) is 58.7 Å². The minimum absolute atomic E-state index is 0.904. The highest BCUT2D eigenvalue weighted by Gasteiger charge is 2.20. The van der Waals surface area contributed by atoms with Crippen LogP contribution in [0.15, 0.2) is 192 Å². The minimum Gasteiger partial charge on any atom is -0.455 e. The number of hydrogen-bond acceptors (Lipinski definition) is 3. The van der Waals surface area contributed by atoms with E-state index in [0.29, 0.717) is 0 Å². The lowest BCUT2D eigenvalue weighted by molar-refractivity contribution is 0.673. The number of fused-ring (bicyclic) bond motifs is 9. The van der Waals surface area contributed by atoms with Crippen molar-refractivity contribution in [3.8, 4) is 22.3 Å². The highest BCUT2D eigenvalue weighted by molar-refractivity contribution is 7.26. The normalized spacial score (nSPS) is 11.8. The van der Waals surface area contributed by atoms with Crippen molar-refractivity contribution in [3.63, 3.8) is 0 Å². The molecule has 0 saturated carbocycles. The second-order valence-corrected chi connectivity index (χ2v) is 14.7. The van der Waals surface area contributed by atoms with Crippen LogP contribution in [0.2, 0.25) is 0 Å². The average Bonchev–Trinajstić information content (AvgIpc) is 3.81. The van der Waals surface area contributed by atoms with Gasteiger partial charge in [0.05, 0.1) is 10.4 Å². The molecule has 3 heteroatoms. The summed E-state index contributed by atoms with van der Waals surface area (Å²) in [6.07, 6.45) is 0. The van der Waals surface area contributed by atoms with E-state index >= 15 is 0 Å². The summed E-state index contributed by atoms with van der Waals surface area (Å²) >= 11 is 1.86. The van der Waals surface area contributed by atoms with E-state index in [2.05, 4.69) is 193 Å². The van der Waals surface area contributed by atoms with Crippen molar-refractivity contribution < 1.29 is 4.42 Å². The van der Waals surface area contributed by atoms with Gasteiger partial charge < -0.3 is 9.32 Å². The van der Waals surface area contributed by atoms with Gasteiger partial charge in [-0.2, -0.15) is 0 Å². The zero-order valence-corrected chi connectivity index (χ0v) is 29.5. The molecule has 11 aromatic rings. The molecule has 0 radical (unpaired) electrons. The molecule has 0 amide bonds. The first kappa shape index (κ1) is 30.0.